The third-order valence-corrected chi connectivity index (χ3v) is 3.90. The van der Waals surface area contributed by atoms with Crippen LogP contribution in [0.25, 0.3) is 0 Å². The molecule has 8 nitrogen and oxygen atoms in total. The Balaban J connectivity index is 1.57. The van der Waals surface area contributed by atoms with Crippen molar-refractivity contribution in [1.29, 1.82) is 0 Å². The number of hydrogen-bond acceptors (Lipinski definition) is 5. The lowest BCUT2D eigenvalue weighted by atomic mass is 10.2. The fraction of sp³-hybridized carbons (Fsp3) is 0.200. The third-order valence-electron chi connectivity index (χ3n) is 3.90. The number of nitrogens with one attached hydrogen (secondary N) is 1. The average molecular weight is 379 g/mol. The molecule has 0 aliphatic carbocycles. The van der Waals surface area contributed by atoms with Gasteiger partial charge in [0.05, 0.1) is 6.20 Å². The second-order valence-electron chi connectivity index (χ2n) is 6.33. The molecule has 0 radical (unpaired) electrons. The van der Waals surface area contributed by atoms with Crippen molar-refractivity contribution in [3.63, 3.8) is 0 Å². The molecule has 8 heteroatoms. The molecule has 0 saturated carbocycles. The van der Waals surface area contributed by atoms with E-state index >= 15 is 0 Å². The van der Waals surface area contributed by atoms with Crippen molar-refractivity contribution in [2.75, 3.05) is 14.1 Å². The fourth-order valence-electron chi connectivity index (χ4n) is 2.38. The van der Waals surface area contributed by atoms with Gasteiger partial charge >= 0.3 is 0 Å². The summed E-state index contributed by atoms with van der Waals surface area (Å²) in [5, 5.41) is 10.4. The van der Waals surface area contributed by atoms with Crippen molar-refractivity contribution in [2.24, 2.45) is 0 Å². The highest BCUT2D eigenvalue weighted by atomic mass is 16.5. The van der Waals surface area contributed by atoms with E-state index < -0.39 is 0 Å². The summed E-state index contributed by atoms with van der Waals surface area (Å²) in [7, 11) is 3.31. The summed E-state index contributed by atoms with van der Waals surface area (Å²) >= 11 is 0. The Kier molecular flexibility index (Phi) is 6.01. The van der Waals surface area contributed by atoms with Crippen LogP contribution in [-0.4, -0.2) is 45.8 Å². The first-order valence-electron chi connectivity index (χ1n) is 8.71. The summed E-state index contributed by atoms with van der Waals surface area (Å²) in [5.41, 5.74) is 1.04. The van der Waals surface area contributed by atoms with Crippen LogP contribution in [0.1, 0.15) is 16.1 Å². The van der Waals surface area contributed by atoms with E-state index in [-0.39, 0.29) is 24.1 Å². The van der Waals surface area contributed by atoms with Crippen LogP contribution in [0.4, 0.5) is 0 Å². The number of aromatic nitrogens is 3. The first-order chi connectivity index (χ1) is 13.5. The lowest BCUT2D eigenvalue weighted by Crippen LogP contribution is -2.26. The van der Waals surface area contributed by atoms with E-state index in [1.807, 2.05) is 54.6 Å². The van der Waals surface area contributed by atoms with Gasteiger partial charge in [0.15, 0.2) is 5.69 Å². The number of likely N-dealkylation sites (N-methyl/N-ethyl adjacent to an activating group) is 1. The second kappa shape index (κ2) is 8.81. The molecule has 144 valence electrons. The fourth-order valence-corrected chi connectivity index (χ4v) is 2.38. The highest BCUT2D eigenvalue weighted by Gasteiger charge is 2.13. The highest BCUT2D eigenvalue weighted by Crippen LogP contribution is 2.21. The van der Waals surface area contributed by atoms with Crippen molar-refractivity contribution in [2.45, 2.75) is 13.1 Å². The molecule has 0 aliphatic heterocycles. The topological polar surface area (TPSA) is 89.4 Å². The molecular weight excluding hydrogens is 358 g/mol. The summed E-state index contributed by atoms with van der Waals surface area (Å²) in [6.07, 6.45) is 1.45. The predicted molar refractivity (Wildman–Crippen MR) is 103 cm³/mol. The molecule has 2 amide bonds. The summed E-state index contributed by atoms with van der Waals surface area (Å²) in [6, 6.07) is 16.9. The van der Waals surface area contributed by atoms with Crippen LogP contribution < -0.4 is 10.1 Å². The van der Waals surface area contributed by atoms with E-state index in [0.29, 0.717) is 12.3 Å². The summed E-state index contributed by atoms with van der Waals surface area (Å²) < 4.78 is 7.13. The number of rotatable bonds is 7. The molecule has 1 aromatic heterocycles. The Morgan fingerprint density at radius 3 is 2.57 bits per heavy atom. The lowest BCUT2D eigenvalue weighted by Gasteiger charge is -2.09. The molecule has 0 bridgehead atoms. The molecular formula is C20H21N5O3. The van der Waals surface area contributed by atoms with Crippen LogP contribution in [0.2, 0.25) is 0 Å². The maximum absolute atomic E-state index is 12.3. The van der Waals surface area contributed by atoms with Gasteiger partial charge in [-0.25, -0.2) is 4.68 Å². The molecule has 0 atom stereocenters. The van der Waals surface area contributed by atoms with Crippen molar-refractivity contribution >= 4 is 11.8 Å². The van der Waals surface area contributed by atoms with E-state index in [4.69, 9.17) is 4.74 Å². The first kappa shape index (κ1) is 19.1. The van der Waals surface area contributed by atoms with E-state index in [2.05, 4.69) is 15.6 Å². The average Bonchev–Trinajstić information content (AvgIpc) is 3.16. The maximum Gasteiger partial charge on any atom is 0.273 e. The quantitative estimate of drug-likeness (QED) is 0.679. The number of nitrogens with zero attached hydrogens (tertiary/aromatic N) is 4. The van der Waals surface area contributed by atoms with Gasteiger partial charge in [-0.15, -0.1) is 5.10 Å². The van der Waals surface area contributed by atoms with Crippen LogP contribution in [0.5, 0.6) is 11.5 Å². The number of benzene rings is 2. The molecule has 2 aromatic carbocycles. The zero-order valence-electron chi connectivity index (χ0n) is 15.7. The van der Waals surface area contributed by atoms with Gasteiger partial charge < -0.3 is 15.0 Å². The van der Waals surface area contributed by atoms with E-state index in [0.717, 1.165) is 11.3 Å². The van der Waals surface area contributed by atoms with Gasteiger partial charge in [0.25, 0.3) is 5.91 Å². The molecule has 0 unspecified atom stereocenters. The normalized spacial score (nSPS) is 10.4. The lowest BCUT2D eigenvalue weighted by molar-refractivity contribution is -0.129. The zero-order valence-corrected chi connectivity index (χ0v) is 15.7. The molecule has 3 aromatic rings. The van der Waals surface area contributed by atoms with Crippen LogP contribution >= 0.6 is 0 Å². The molecule has 0 fully saturated rings. The smallest absolute Gasteiger partial charge is 0.273 e. The monoisotopic (exact) mass is 379 g/mol. The molecule has 0 aliphatic rings. The Morgan fingerprint density at radius 2 is 1.82 bits per heavy atom. The molecule has 0 spiro atoms. The van der Waals surface area contributed by atoms with Crippen LogP contribution in [0.15, 0.2) is 60.8 Å². The second-order valence-corrected chi connectivity index (χ2v) is 6.33. The molecule has 3 rings (SSSR count). The predicted octanol–water partition coefficient (Wildman–Crippen LogP) is 2.09. The van der Waals surface area contributed by atoms with Gasteiger partial charge in [0, 0.05) is 20.6 Å². The van der Waals surface area contributed by atoms with E-state index in [1.54, 1.807) is 14.1 Å². The number of ether oxygens (including phenoxy) is 1. The van der Waals surface area contributed by atoms with E-state index in [1.165, 1.54) is 15.8 Å². The van der Waals surface area contributed by atoms with Gasteiger partial charge in [-0.2, -0.15) is 0 Å². The number of para-hydroxylation sites is 1. The standard InChI is InChI=1S/C20H21N5O3/c1-24(2)19(26)14-25-13-18(22-23-25)20(27)21-12-15-7-6-10-17(11-15)28-16-8-4-3-5-9-16/h3-11,13H,12,14H2,1-2H3,(H,21,27). The van der Waals surface area contributed by atoms with Gasteiger partial charge in [-0.05, 0) is 29.8 Å². The number of carbonyl (C=O) groups is 2. The SMILES string of the molecule is CN(C)C(=O)Cn1cc(C(=O)NCc2cccc(Oc3ccccc3)c2)nn1. The van der Waals surface area contributed by atoms with E-state index in [9.17, 15) is 9.59 Å². The third kappa shape index (κ3) is 5.16. The Morgan fingerprint density at radius 1 is 1.07 bits per heavy atom. The largest absolute Gasteiger partial charge is 0.457 e. The summed E-state index contributed by atoms with van der Waals surface area (Å²) in [6.45, 7) is 0.348. The zero-order chi connectivity index (χ0) is 19.9. The number of carbonyl (C=O) groups excluding carboxylic acids is 2. The minimum Gasteiger partial charge on any atom is -0.457 e. The Labute approximate surface area is 162 Å². The Hall–Kier alpha value is -3.68. The van der Waals surface area contributed by atoms with Crippen molar-refractivity contribution in [3.8, 4) is 11.5 Å². The van der Waals surface area contributed by atoms with Gasteiger partial charge in [-0.1, -0.05) is 35.5 Å². The molecule has 28 heavy (non-hydrogen) atoms. The number of hydrogen-bond donors (Lipinski definition) is 1. The summed E-state index contributed by atoms with van der Waals surface area (Å²) in [4.78, 5) is 25.4. The van der Waals surface area contributed by atoms with Crippen molar-refractivity contribution < 1.29 is 14.3 Å². The highest BCUT2D eigenvalue weighted by molar-refractivity contribution is 5.91. The van der Waals surface area contributed by atoms with Crippen LogP contribution in [0.3, 0.4) is 0 Å². The maximum atomic E-state index is 12.3. The number of amides is 2. The van der Waals surface area contributed by atoms with Crippen LogP contribution in [0, 0.1) is 0 Å². The summed E-state index contributed by atoms with van der Waals surface area (Å²) in [5.74, 6) is 0.934. The van der Waals surface area contributed by atoms with Crippen molar-refractivity contribution in [1.82, 2.24) is 25.2 Å². The first-order valence-corrected chi connectivity index (χ1v) is 8.71. The minimum absolute atomic E-state index is 0.0339. The van der Waals surface area contributed by atoms with Gasteiger partial charge in [0.2, 0.25) is 5.91 Å². The molecule has 1 heterocycles. The van der Waals surface area contributed by atoms with Gasteiger partial charge in [-0.3, -0.25) is 9.59 Å². The minimum atomic E-state index is -0.363. The molecule has 0 saturated heterocycles. The van der Waals surface area contributed by atoms with Crippen molar-refractivity contribution in [3.05, 3.63) is 72.1 Å². The van der Waals surface area contributed by atoms with Crippen LogP contribution in [-0.2, 0) is 17.9 Å². The molecule has 1 N–H and O–H groups in total. The Bertz CT molecular complexity index is 953. The van der Waals surface area contributed by atoms with Gasteiger partial charge in [0.1, 0.15) is 18.0 Å².